The molecule has 0 unspecified atom stereocenters. The number of rotatable bonds is 9. The molecule has 0 radical (unpaired) electrons. The van der Waals surface area contributed by atoms with Crippen LogP contribution in [0.25, 0.3) is 6.08 Å². The highest BCUT2D eigenvalue weighted by atomic mass is 79.9. The predicted octanol–water partition coefficient (Wildman–Crippen LogP) is 6.86. The van der Waals surface area contributed by atoms with E-state index in [-0.39, 0.29) is 17.3 Å². The quantitative estimate of drug-likeness (QED) is 0.266. The summed E-state index contributed by atoms with van der Waals surface area (Å²) in [5, 5.41) is 2.27. The molecule has 202 valence electrons. The summed E-state index contributed by atoms with van der Waals surface area (Å²) in [7, 11) is 0. The third kappa shape index (κ3) is 6.69. The minimum Gasteiger partial charge on any atom is -0.490 e. The van der Waals surface area contributed by atoms with Gasteiger partial charge in [0, 0.05) is 11.3 Å². The molecule has 0 bridgehead atoms. The number of para-hydroxylation sites is 1. The normalized spacial score (nSPS) is 14.2. The summed E-state index contributed by atoms with van der Waals surface area (Å²) in [6.45, 7) is 5.50. The van der Waals surface area contributed by atoms with Crippen molar-refractivity contribution >= 4 is 56.5 Å². The summed E-state index contributed by atoms with van der Waals surface area (Å²) in [5.74, 6) is -0.624. The van der Waals surface area contributed by atoms with Crippen molar-refractivity contribution in [1.29, 1.82) is 0 Å². The molecule has 39 heavy (non-hydrogen) atoms. The summed E-state index contributed by atoms with van der Waals surface area (Å²) in [6, 6.07) is 15.3. The van der Waals surface area contributed by atoms with Crippen molar-refractivity contribution in [3.63, 3.8) is 0 Å². The largest absolute Gasteiger partial charge is 0.490 e. The molecule has 3 aromatic rings. The lowest BCUT2D eigenvalue weighted by Crippen LogP contribution is -2.36. The average Bonchev–Trinajstić information content (AvgIpc) is 3.14. The van der Waals surface area contributed by atoms with Crippen molar-refractivity contribution in [2.45, 2.75) is 27.4 Å². The molecule has 0 spiro atoms. The van der Waals surface area contributed by atoms with Gasteiger partial charge in [0.1, 0.15) is 19.0 Å². The molecule has 1 aliphatic heterocycles. The van der Waals surface area contributed by atoms with Crippen molar-refractivity contribution in [2.75, 3.05) is 18.5 Å². The summed E-state index contributed by atoms with van der Waals surface area (Å²) >= 11 is 4.23. The van der Waals surface area contributed by atoms with Gasteiger partial charge in [0.2, 0.25) is 5.91 Å². The first-order valence-corrected chi connectivity index (χ1v) is 13.7. The highest BCUT2D eigenvalue weighted by molar-refractivity contribution is 9.10. The van der Waals surface area contributed by atoms with Crippen LogP contribution >= 0.6 is 27.7 Å². The van der Waals surface area contributed by atoms with Gasteiger partial charge >= 0.3 is 0 Å². The van der Waals surface area contributed by atoms with Crippen LogP contribution in [0.2, 0.25) is 0 Å². The highest BCUT2D eigenvalue weighted by Crippen LogP contribution is 2.40. The van der Waals surface area contributed by atoms with E-state index in [4.69, 9.17) is 9.47 Å². The van der Waals surface area contributed by atoms with Crippen molar-refractivity contribution < 1.29 is 28.2 Å². The lowest BCUT2D eigenvalue weighted by molar-refractivity contribution is -0.127. The van der Waals surface area contributed by atoms with Gasteiger partial charge in [0.05, 0.1) is 16.0 Å². The van der Waals surface area contributed by atoms with Crippen molar-refractivity contribution in [3.05, 3.63) is 92.0 Å². The molecule has 0 atom stereocenters. The lowest BCUT2D eigenvalue weighted by atomic mass is 10.1. The number of hydrogen-bond acceptors (Lipinski definition) is 6. The maximum absolute atomic E-state index is 14.0. The zero-order valence-corrected chi connectivity index (χ0v) is 23.9. The van der Waals surface area contributed by atoms with E-state index in [9.17, 15) is 18.8 Å². The minimum atomic E-state index is -0.560. The molecular weight excluding hydrogens is 587 g/mol. The fraction of sp³-hybridized carbons (Fsp3) is 0.207. The fourth-order valence-corrected chi connectivity index (χ4v) is 5.37. The number of aryl methyl sites for hydroxylation is 2. The average molecular weight is 614 g/mol. The SMILES string of the molecule is CCOc1cc(/C=C2\SC(=O)N(CC(=O)Nc3c(C)cccc3C)C2=O)cc(Br)c1OCc1ccccc1F. The number of anilines is 1. The number of thioether (sulfide) groups is 1. The Hall–Kier alpha value is -3.63. The zero-order chi connectivity index (χ0) is 28.1. The van der Waals surface area contributed by atoms with Crippen LogP contribution in [0.5, 0.6) is 11.5 Å². The Morgan fingerprint density at radius 1 is 1.08 bits per heavy atom. The van der Waals surface area contributed by atoms with Crippen molar-refractivity contribution in [2.24, 2.45) is 0 Å². The fourth-order valence-electron chi connectivity index (χ4n) is 3.96. The van der Waals surface area contributed by atoms with E-state index in [2.05, 4.69) is 21.2 Å². The molecule has 7 nitrogen and oxygen atoms in total. The third-order valence-electron chi connectivity index (χ3n) is 5.88. The van der Waals surface area contributed by atoms with E-state index >= 15 is 0 Å². The summed E-state index contributed by atoms with van der Waals surface area (Å²) in [6.07, 6.45) is 1.56. The first-order valence-electron chi connectivity index (χ1n) is 12.1. The molecule has 4 rings (SSSR count). The second-order valence-electron chi connectivity index (χ2n) is 8.73. The van der Waals surface area contributed by atoms with Crippen LogP contribution in [0.4, 0.5) is 14.9 Å². The Morgan fingerprint density at radius 3 is 2.49 bits per heavy atom. The predicted molar refractivity (Wildman–Crippen MR) is 153 cm³/mol. The number of nitrogens with zero attached hydrogens (tertiary/aromatic N) is 1. The number of ether oxygens (including phenoxy) is 2. The summed E-state index contributed by atoms with van der Waals surface area (Å²) < 4.78 is 26.2. The molecular formula is C29H26BrFN2O5S. The minimum absolute atomic E-state index is 0.00627. The van der Waals surface area contributed by atoms with Gasteiger partial charge in [-0.1, -0.05) is 36.4 Å². The number of amides is 3. The second-order valence-corrected chi connectivity index (χ2v) is 10.6. The van der Waals surface area contributed by atoms with Crippen LogP contribution in [-0.4, -0.2) is 35.1 Å². The Kier molecular flexibility index (Phi) is 9.08. The lowest BCUT2D eigenvalue weighted by Gasteiger charge is -2.15. The summed E-state index contributed by atoms with van der Waals surface area (Å²) in [5.41, 5.74) is 3.40. The van der Waals surface area contributed by atoms with E-state index in [1.807, 2.05) is 39.0 Å². The van der Waals surface area contributed by atoms with Crippen LogP contribution < -0.4 is 14.8 Å². The Bertz CT molecular complexity index is 1460. The van der Waals surface area contributed by atoms with Crippen LogP contribution in [0.3, 0.4) is 0 Å². The van der Waals surface area contributed by atoms with Crippen LogP contribution in [-0.2, 0) is 16.2 Å². The molecule has 0 saturated carbocycles. The van der Waals surface area contributed by atoms with Crippen molar-refractivity contribution in [3.8, 4) is 11.5 Å². The Labute approximate surface area is 238 Å². The molecule has 1 fully saturated rings. The maximum Gasteiger partial charge on any atom is 0.294 e. The zero-order valence-electron chi connectivity index (χ0n) is 21.5. The van der Waals surface area contributed by atoms with Crippen LogP contribution in [0.1, 0.15) is 29.2 Å². The second kappa shape index (κ2) is 12.5. The first-order chi connectivity index (χ1) is 18.7. The maximum atomic E-state index is 14.0. The molecule has 3 amide bonds. The number of hydrogen-bond donors (Lipinski definition) is 1. The molecule has 1 aliphatic rings. The van der Waals surface area contributed by atoms with E-state index < -0.39 is 23.6 Å². The Morgan fingerprint density at radius 2 is 1.79 bits per heavy atom. The van der Waals surface area contributed by atoms with Gasteiger partial charge in [-0.05, 0) is 89.4 Å². The smallest absolute Gasteiger partial charge is 0.294 e. The van der Waals surface area contributed by atoms with Gasteiger partial charge in [-0.2, -0.15) is 0 Å². The number of carbonyl (C=O) groups excluding carboxylic acids is 3. The van der Waals surface area contributed by atoms with E-state index in [0.29, 0.717) is 39.4 Å². The molecule has 0 aromatic heterocycles. The van der Waals surface area contributed by atoms with E-state index in [1.165, 1.54) is 6.07 Å². The highest BCUT2D eigenvalue weighted by Gasteiger charge is 2.36. The van der Waals surface area contributed by atoms with Crippen LogP contribution in [0, 0.1) is 19.7 Å². The van der Waals surface area contributed by atoms with Gasteiger partial charge in [-0.15, -0.1) is 0 Å². The number of carbonyl (C=O) groups is 3. The molecule has 10 heteroatoms. The van der Waals surface area contributed by atoms with Crippen molar-refractivity contribution in [1.82, 2.24) is 4.90 Å². The molecule has 1 heterocycles. The van der Waals surface area contributed by atoms with Crippen LogP contribution in [0.15, 0.2) is 64.0 Å². The number of imide groups is 1. The van der Waals surface area contributed by atoms with Gasteiger partial charge in [0.15, 0.2) is 11.5 Å². The number of halogens is 2. The van der Waals surface area contributed by atoms with Gasteiger partial charge in [0.25, 0.3) is 11.1 Å². The number of nitrogens with one attached hydrogen (secondary N) is 1. The monoisotopic (exact) mass is 612 g/mol. The molecule has 0 aliphatic carbocycles. The van der Waals surface area contributed by atoms with Gasteiger partial charge in [-0.3, -0.25) is 19.3 Å². The van der Waals surface area contributed by atoms with E-state index in [1.54, 1.807) is 36.4 Å². The standard InChI is InChI=1S/C29H26BrFN2O5S/c1-4-37-23-13-19(12-21(30)27(23)38-16-20-10-5-6-11-22(20)31)14-24-28(35)33(29(36)39-24)15-25(34)32-26-17(2)8-7-9-18(26)3/h5-14H,4,15-16H2,1-3H3,(H,32,34)/b24-14-. The topological polar surface area (TPSA) is 84.9 Å². The molecule has 1 N–H and O–H groups in total. The molecule has 1 saturated heterocycles. The first kappa shape index (κ1) is 28.4. The van der Waals surface area contributed by atoms with Gasteiger partial charge in [-0.25, -0.2) is 4.39 Å². The molecule has 3 aromatic carbocycles. The number of benzene rings is 3. The van der Waals surface area contributed by atoms with E-state index in [0.717, 1.165) is 27.8 Å². The van der Waals surface area contributed by atoms with Gasteiger partial charge < -0.3 is 14.8 Å². The Balaban J connectivity index is 1.51. The summed E-state index contributed by atoms with van der Waals surface area (Å²) in [4.78, 5) is 39.4. The third-order valence-corrected chi connectivity index (χ3v) is 7.38.